The van der Waals surface area contributed by atoms with Crippen LogP contribution in [0.15, 0.2) is 29.2 Å². The number of piperazine rings is 1. The van der Waals surface area contributed by atoms with Gasteiger partial charge in [-0.15, -0.1) is 0 Å². The van der Waals surface area contributed by atoms with E-state index in [1.807, 2.05) is 11.9 Å². The second-order valence-electron chi connectivity index (χ2n) is 6.18. The molecule has 1 aromatic heterocycles. The molecule has 0 saturated carbocycles. The molecule has 0 bridgehead atoms. The summed E-state index contributed by atoms with van der Waals surface area (Å²) in [6.07, 6.45) is 4.66. The Morgan fingerprint density at radius 1 is 1.24 bits per heavy atom. The monoisotopic (exact) mass is 345 g/mol. The number of allylic oxidation sites excluding steroid dienone is 1. The Bertz CT molecular complexity index is 912. The molecule has 0 radical (unpaired) electrons. The molecular formula is C18H20FN3O3. The molecule has 1 fully saturated rings. The van der Waals surface area contributed by atoms with Crippen molar-refractivity contribution in [2.75, 3.05) is 38.1 Å². The molecule has 0 amide bonds. The number of rotatable bonds is 3. The molecule has 0 unspecified atom stereocenters. The lowest BCUT2D eigenvalue weighted by atomic mass is 10.1. The minimum Gasteiger partial charge on any atom is -0.477 e. The van der Waals surface area contributed by atoms with E-state index in [9.17, 15) is 19.1 Å². The Labute approximate surface area is 144 Å². The van der Waals surface area contributed by atoms with Gasteiger partial charge in [0.2, 0.25) is 5.43 Å². The highest BCUT2D eigenvalue weighted by Gasteiger charge is 2.21. The number of aromatic nitrogens is 1. The summed E-state index contributed by atoms with van der Waals surface area (Å²) in [6, 6.07) is 2.78. The number of likely N-dealkylation sites (N-methyl/N-ethyl adjacent to an activating group) is 1. The number of benzene rings is 1. The van der Waals surface area contributed by atoms with E-state index < -0.39 is 17.2 Å². The minimum atomic E-state index is -1.33. The number of anilines is 1. The van der Waals surface area contributed by atoms with E-state index in [0.717, 1.165) is 19.2 Å². The van der Waals surface area contributed by atoms with E-state index in [1.54, 1.807) is 29.8 Å². The van der Waals surface area contributed by atoms with Gasteiger partial charge in [-0.2, -0.15) is 0 Å². The zero-order chi connectivity index (χ0) is 18.1. The molecule has 0 spiro atoms. The van der Waals surface area contributed by atoms with Crippen LogP contribution in [0, 0.1) is 5.82 Å². The second kappa shape index (κ2) is 6.68. The molecule has 2 heterocycles. The molecule has 1 aromatic carbocycles. The molecule has 2 aromatic rings. The van der Waals surface area contributed by atoms with Crippen LogP contribution in [0.25, 0.3) is 17.1 Å². The van der Waals surface area contributed by atoms with Gasteiger partial charge in [0.1, 0.15) is 11.4 Å². The normalized spacial score (nSPS) is 16.0. The summed E-state index contributed by atoms with van der Waals surface area (Å²) in [6.45, 7) is 4.84. The van der Waals surface area contributed by atoms with Crippen molar-refractivity contribution in [2.24, 2.45) is 0 Å². The van der Waals surface area contributed by atoms with Crippen LogP contribution >= 0.6 is 0 Å². The van der Waals surface area contributed by atoms with Crippen LogP contribution < -0.4 is 10.3 Å². The summed E-state index contributed by atoms with van der Waals surface area (Å²) in [5.41, 5.74) is -0.130. The van der Waals surface area contributed by atoms with Crippen molar-refractivity contribution < 1.29 is 14.3 Å². The van der Waals surface area contributed by atoms with Crippen molar-refractivity contribution >= 4 is 28.8 Å². The summed E-state index contributed by atoms with van der Waals surface area (Å²) in [5.74, 6) is -1.84. The van der Waals surface area contributed by atoms with Crippen molar-refractivity contribution in [2.45, 2.75) is 6.92 Å². The number of nitrogens with zero attached hydrogens (tertiary/aromatic N) is 3. The number of halogens is 1. The summed E-state index contributed by atoms with van der Waals surface area (Å²) >= 11 is 0. The topological polar surface area (TPSA) is 65.8 Å². The van der Waals surface area contributed by atoms with Gasteiger partial charge in [-0.05, 0) is 26.1 Å². The summed E-state index contributed by atoms with van der Waals surface area (Å²) in [7, 11) is 2.02. The third-order valence-electron chi connectivity index (χ3n) is 4.48. The number of aromatic carboxylic acids is 1. The predicted octanol–water partition coefficient (Wildman–Crippen LogP) is 2.08. The van der Waals surface area contributed by atoms with Gasteiger partial charge in [0.25, 0.3) is 0 Å². The molecule has 1 N–H and O–H groups in total. The maximum atomic E-state index is 14.7. The highest BCUT2D eigenvalue weighted by molar-refractivity contribution is 5.94. The van der Waals surface area contributed by atoms with E-state index in [-0.39, 0.29) is 10.9 Å². The molecule has 3 rings (SSSR count). The number of pyridine rings is 1. The van der Waals surface area contributed by atoms with Crippen LogP contribution in [0.3, 0.4) is 0 Å². The van der Waals surface area contributed by atoms with Crippen LogP contribution in [0.1, 0.15) is 17.3 Å². The van der Waals surface area contributed by atoms with Gasteiger partial charge in [-0.3, -0.25) is 4.79 Å². The molecule has 25 heavy (non-hydrogen) atoms. The van der Waals surface area contributed by atoms with Gasteiger partial charge in [-0.1, -0.05) is 6.08 Å². The Morgan fingerprint density at radius 3 is 2.52 bits per heavy atom. The quantitative estimate of drug-likeness (QED) is 0.923. The smallest absolute Gasteiger partial charge is 0.341 e. The van der Waals surface area contributed by atoms with Crippen molar-refractivity contribution in [1.82, 2.24) is 9.47 Å². The fraction of sp³-hybridized carbons (Fsp3) is 0.333. The zero-order valence-electron chi connectivity index (χ0n) is 14.2. The van der Waals surface area contributed by atoms with E-state index >= 15 is 0 Å². The number of carboxylic acid groups (broad SMARTS) is 1. The van der Waals surface area contributed by atoms with Crippen LogP contribution in [0.5, 0.6) is 0 Å². The van der Waals surface area contributed by atoms with E-state index in [0.29, 0.717) is 24.3 Å². The first-order valence-corrected chi connectivity index (χ1v) is 8.10. The fourth-order valence-corrected chi connectivity index (χ4v) is 3.08. The first kappa shape index (κ1) is 17.2. The van der Waals surface area contributed by atoms with E-state index in [1.165, 1.54) is 6.20 Å². The average molecular weight is 345 g/mol. The number of carbonyl (C=O) groups is 1. The maximum absolute atomic E-state index is 14.7. The van der Waals surface area contributed by atoms with Gasteiger partial charge in [0, 0.05) is 44.0 Å². The largest absolute Gasteiger partial charge is 0.477 e. The average Bonchev–Trinajstić information content (AvgIpc) is 2.58. The lowest BCUT2D eigenvalue weighted by Crippen LogP contribution is -2.44. The zero-order valence-corrected chi connectivity index (χ0v) is 14.2. The van der Waals surface area contributed by atoms with Crippen LogP contribution in [0.2, 0.25) is 0 Å². The molecule has 1 aliphatic rings. The first-order chi connectivity index (χ1) is 11.9. The molecule has 1 saturated heterocycles. The van der Waals surface area contributed by atoms with E-state index in [4.69, 9.17) is 0 Å². The van der Waals surface area contributed by atoms with Gasteiger partial charge in [0.05, 0.1) is 11.2 Å². The van der Waals surface area contributed by atoms with Gasteiger partial charge in [-0.25, -0.2) is 9.18 Å². The summed E-state index contributed by atoms with van der Waals surface area (Å²) < 4.78 is 16.2. The van der Waals surface area contributed by atoms with Crippen LogP contribution in [-0.2, 0) is 0 Å². The number of hydrogen-bond acceptors (Lipinski definition) is 4. The third-order valence-corrected chi connectivity index (χ3v) is 4.48. The van der Waals surface area contributed by atoms with Crippen LogP contribution in [0.4, 0.5) is 10.1 Å². The Hall–Kier alpha value is -2.67. The molecule has 6 nitrogen and oxygen atoms in total. The van der Waals surface area contributed by atoms with Crippen molar-refractivity contribution in [3.05, 3.63) is 46.0 Å². The minimum absolute atomic E-state index is 0.0633. The molecule has 1 aliphatic heterocycles. The Balaban J connectivity index is 2.22. The first-order valence-electron chi connectivity index (χ1n) is 8.10. The molecular weight excluding hydrogens is 325 g/mol. The second-order valence-corrected chi connectivity index (χ2v) is 6.18. The molecule has 7 heteroatoms. The number of carboxylic acids is 1. The van der Waals surface area contributed by atoms with Gasteiger partial charge >= 0.3 is 5.97 Å². The van der Waals surface area contributed by atoms with Crippen molar-refractivity contribution in [1.29, 1.82) is 0 Å². The Morgan fingerprint density at radius 2 is 1.92 bits per heavy atom. The SMILES string of the molecule is C/C=C/n1cc(C(=O)O)c(=O)c2cc(F)c(N3CCN(C)CC3)cc21. The maximum Gasteiger partial charge on any atom is 0.341 e. The number of hydrogen-bond donors (Lipinski definition) is 1. The third kappa shape index (κ3) is 3.15. The van der Waals surface area contributed by atoms with E-state index in [2.05, 4.69) is 4.90 Å². The molecule has 0 aliphatic carbocycles. The summed E-state index contributed by atoms with van der Waals surface area (Å²) in [4.78, 5) is 27.8. The van der Waals surface area contributed by atoms with Crippen LogP contribution in [-0.4, -0.2) is 53.8 Å². The van der Waals surface area contributed by atoms with Gasteiger partial charge < -0.3 is 19.5 Å². The highest BCUT2D eigenvalue weighted by atomic mass is 19.1. The molecule has 132 valence electrons. The van der Waals surface area contributed by atoms with Crippen molar-refractivity contribution in [3.8, 4) is 0 Å². The molecule has 0 atom stereocenters. The van der Waals surface area contributed by atoms with Crippen molar-refractivity contribution in [3.63, 3.8) is 0 Å². The Kier molecular flexibility index (Phi) is 4.59. The predicted molar refractivity (Wildman–Crippen MR) is 95.8 cm³/mol. The summed E-state index contributed by atoms with van der Waals surface area (Å²) in [5, 5.41) is 9.29. The highest BCUT2D eigenvalue weighted by Crippen LogP contribution is 2.26. The number of fused-ring (bicyclic) bond motifs is 1. The van der Waals surface area contributed by atoms with Gasteiger partial charge in [0.15, 0.2) is 0 Å². The lowest BCUT2D eigenvalue weighted by molar-refractivity contribution is 0.0695. The lowest BCUT2D eigenvalue weighted by Gasteiger charge is -2.34. The fourth-order valence-electron chi connectivity index (χ4n) is 3.08. The standard InChI is InChI=1S/C18H20FN3O3/c1-3-4-22-11-13(18(24)25)17(23)12-9-14(19)16(10-15(12)22)21-7-5-20(2)6-8-21/h3-4,9-11H,5-8H2,1-2H3,(H,24,25)/b4-3+.